The number of nitrogens with zero attached hydrogens (tertiary/aromatic N) is 5. The summed E-state index contributed by atoms with van der Waals surface area (Å²) in [4.78, 5) is 4.19. The molecule has 0 spiro atoms. The molecule has 0 aliphatic heterocycles. The van der Waals surface area contributed by atoms with Gasteiger partial charge in [-0.25, -0.2) is 4.98 Å². The lowest BCUT2D eigenvalue weighted by atomic mass is 10.1. The Labute approximate surface area is 107 Å². The van der Waals surface area contributed by atoms with Gasteiger partial charge in [-0.05, 0) is 11.6 Å². The molecule has 1 aromatic carbocycles. The number of benzene rings is 1. The van der Waals surface area contributed by atoms with Crippen molar-refractivity contribution in [2.24, 2.45) is 0 Å². The van der Waals surface area contributed by atoms with Gasteiger partial charge in [0.2, 0.25) is 0 Å². The highest BCUT2D eigenvalue weighted by molar-refractivity contribution is 6.18. The standard InChI is InChI=1S/C12H8ClN5/c13-4-8-2-1-3-9-11(8)12-16-15-7-18(12)10-5-14-6-17(9)10/h1-3,5-7H,4H2. The molecule has 4 aromatic rings. The number of halogens is 1. The largest absolute Gasteiger partial charge is 0.284 e. The minimum atomic E-state index is 0.445. The number of rotatable bonds is 1. The van der Waals surface area contributed by atoms with Gasteiger partial charge in [-0.1, -0.05) is 12.1 Å². The first-order chi connectivity index (χ1) is 8.90. The van der Waals surface area contributed by atoms with Gasteiger partial charge in [0.25, 0.3) is 0 Å². The highest BCUT2D eigenvalue weighted by Crippen LogP contribution is 2.25. The van der Waals surface area contributed by atoms with Crippen molar-refractivity contribution in [1.82, 2.24) is 24.0 Å². The number of fused-ring (bicyclic) bond motifs is 6. The molecule has 0 fully saturated rings. The Hall–Kier alpha value is -2.14. The number of imidazole rings is 1. The van der Waals surface area contributed by atoms with E-state index in [0.29, 0.717) is 5.88 Å². The fourth-order valence-electron chi connectivity index (χ4n) is 2.38. The zero-order chi connectivity index (χ0) is 12.1. The summed E-state index contributed by atoms with van der Waals surface area (Å²) in [6.07, 6.45) is 5.27. The summed E-state index contributed by atoms with van der Waals surface area (Å²) in [6.45, 7) is 0. The molecule has 3 aromatic heterocycles. The third-order valence-electron chi connectivity index (χ3n) is 3.17. The van der Waals surface area contributed by atoms with Crippen LogP contribution in [0.1, 0.15) is 5.56 Å². The fourth-order valence-corrected chi connectivity index (χ4v) is 2.60. The Morgan fingerprint density at radius 3 is 3.00 bits per heavy atom. The van der Waals surface area contributed by atoms with E-state index in [0.717, 1.165) is 27.8 Å². The Kier molecular flexibility index (Phi) is 1.87. The van der Waals surface area contributed by atoms with Crippen LogP contribution >= 0.6 is 11.6 Å². The number of alkyl halides is 1. The second kappa shape index (κ2) is 3.43. The predicted molar refractivity (Wildman–Crippen MR) is 68.8 cm³/mol. The lowest BCUT2D eigenvalue weighted by Crippen LogP contribution is -1.97. The van der Waals surface area contributed by atoms with Crippen molar-refractivity contribution in [1.29, 1.82) is 0 Å². The highest BCUT2D eigenvalue weighted by atomic mass is 35.5. The Morgan fingerprint density at radius 2 is 2.11 bits per heavy atom. The molecule has 0 aliphatic rings. The molecule has 0 radical (unpaired) electrons. The Bertz CT molecular complexity index is 876. The van der Waals surface area contributed by atoms with Crippen LogP contribution in [0, 0.1) is 0 Å². The zero-order valence-electron chi connectivity index (χ0n) is 9.29. The lowest BCUT2D eigenvalue weighted by molar-refractivity contribution is 1.10. The molecule has 0 unspecified atom stereocenters. The number of hydrogen-bond acceptors (Lipinski definition) is 3. The molecule has 88 valence electrons. The summed E-state index contributed by atoms with van der Waals surface area (Å²) in [7, 11) is 0. The van der Waals surface area contributed by atoms with Crippen LogP contribution in [-0.4, -0.2) is 24.0 Å². The minimum Gasteiger partial charge on any atom is -0.284 e. The second-order valence-electron chi connectivity index (χ2n) is 4.09. The maximum Gasteiger partial charge on any atom is 0.172 e. The van der Waals surface area contributed by atoms with Crippen LogP contribution in [0.4, 0.5) is 0 Å². The third-order valence-corrected chi connectivity index (χ3v) is 3.46. The van der Waals surface area contributed by atoms with E-state index in [1.807, 2.05) is 27.0 Å². The highest BCUT2D eigenvalue weighted by Gasteiger charge is 2.12. The summed E-state index contributed by atoms with van der Waals surface area (Å²) in [5, 5.41) is 9.21. The molecule has 0 atom stereocenters. The molecule has 3 heterocycles. The van der Waals surface area contributed by atoms with E-state index in [9.17, 15) is 0 Å². The average molecular weight is 258 g/mol. The minimum absolute atomic E-state index is 0.445. The predicted octanol–water partition coefficient (Wildman–Crippen LogP) is 2.27. The van der Waals surface area contributed by atoms with E-state index >= 15 is 0 Å². The first-order valence-electron chi connectivity index (χ1n) is 5.51. The normalized spacial score (nSPS) is 11.8. The fraction of sp³-hybridized carbons (Fsp3) is 0.0833. The van der Waals surface area contributed by atoms with Gasteiger partial charge >= 0.3 is 0 Å². The topological polar surface area (TPSA) is 47.5 Å². The Morgan fingerprint density at radius 1 is 1.17 bits per heavy atom. The summed E-state index contributed by atoms with van der Waals surface area (Å²) in [6, 6.07) is 6.04. The number of hydrogen-bond donors (Lipinski definition) is 0. The van der Waals surface area contributed by atoms with E-state index in [-0.39, 0.29) is 0 Å². The van der Waals surface area contributed by atoms with Crippen LogP contribution in [0.2, 0.25) is 0 Å². The van der Waals surface area contributed by atoms with E-state index in [1.165, 1.54) is 0 Å². The van der Waals surface area contributed by atoms with Crippen LogP contribution < -0.4 is 0 Å². The van der Waals surface area contributed by atoms with Crippen molar-refractivity contribution >= 4 is 33.8 Å². The van der Waals surface area contributed by atoms with Gasteiger partial charge in [0.1, 0.15) is 18.3 Å². The van der Waals surface area contributed by atoms with Gasteiger partial charge in [-0.15, -0.1) is 21.8 Å². The van der Waals surface area contributed by atoms with Crippen LogP contribution in [0.15, 0.2) is 37.1 Å². The van der Waals surface area contributed by atoms with E-state index in [1.54, 1.807) is 18.9 Å². The van der Waals surface area contributed by atoms with Crippen molar-refractivity contribution in [3.05, 3.63) is 42.6 Å². The second-order valence-corrected chi connectivity index (χ2v) is 4.36. The van der Waals surface area contributed by atoms with Crippen molar-refractivity contribution in [3.8, 4) is 0 Å². The Balaban J connectivity index is 2.43. The monoisotopic (exact) mass is 257 g/mol. The molecule has 4 rings (SSSR count). The smallest absolute Gasteiger partial charge is 0.172 e. The zero-order valence-corrected chi connectivity index (χ0v) is 10.0. The van der Waals surface area contributed by atoms with Gasteiger partial charge in [0.15, 0.2) is 5.65 Å². The summed E-state index contributed by atoms with van der Waals surface area (Å²) < 4.78 is 3.94. The SMILES string of the molecule is ClCc1cccc2c1c1nncn1c1cncn21. The molecule has 5 nitrogen and oxygen atoms in total. The molecule has 0 amide bonds. The van der Waals surface area contributed by atoms with Gasteiger partial charge in [0, 0.05) is 11.3 Å². The third kappa shape index (κ3) is 1.09. The summed E-state index contributed by atoms with van der Waals surface area (Å²) >= 11 is 6.02. The first kappa shape index (κ1) is 9.85. The summed E-state index contributed by atoms with van der Waals surface area (Å²) in [5.41, 5.74) is 3.84. The van der Waals surface area contributed by atoms with E-state index in [2.05, 4.69) is 15.2 Å². The molecule has 6 heteroatoms. The molecule has 18 heavy (non-hydrogen) atoms. The maximum absolute atomic E-state index is 6.02. The molecule has 0 saturated carbocycles. The van der Waals surface area contributed by atoms with Gasteiger partial charge in [-0.3, -0.25) is 8.80 Å². The van der Waals surface area contributed by atoms with Crippen molar-refractivity contribution in [2.75, 3.05) is 0 Å². The number of aromatic nitrogens is 5. The molecule has 0 saturated heterocycles. The van der Waals surface area contributed by atoms with Crippen molar-refractivity contribution < 1.29 is 0 Å². The van der Waals surface area contributed by atoms with Crippen LogP contribution in [-0.2, 0) is 5.88 Å². The lowest BCUT2D eigenvalue weighted by Gasteiger charge is -2.08. The van der Waals surface area contributed by atoms with Gasteiger partial charge in [-0.2, -0.15) is 0 Å². The van der Waals surface area contributed by atoms with E-state index in [4.69, 9.17) is 11.6 Å². The first-order valence-corrected chi connectivity index (χ1v) is 6.05. The van der Waals surface area contributed by atoms with Gasteiger partial charge < -0.3 is 0 Å². The van der Waals surface area contributed by atoms with Crippen LogP contribution in [0.5, 0.6) is 0 Å². The molecule has 0 N–H and O–H groups in total. The quantitative estimate of drug-likeness (QED) is 0.492. The van der Waals surface area contributed by atoms with Gasteiger partial charge in [0.05, 0.1) is 11.7 Å². The van der Waals surface area contributed by atoms with Crippen LogP contribution in [0.25, 0.3) is 22.2 Å². The molecular weight excluding hydrogens is 250 g/mol. The molecular formula is C12H8ClN5. The average Bonchev–Trinajstić information content (AvgIpc) is 3.06. The van der Waals surface area contributed by atoms with E-state index < -0.39 is 0 Å². The molecule has 0 bridgehead atoms. The molecule has 0 aliphatic carbocycles. The van der Waals surface area contributed by atoms with Crippen LogP contribution in [0.3, 0.4) is 0 Å². The van der Waals surface area contributed by atoms with Crippen molar-refractivity contribution in [3.63, 3.8) is 0 Å². The summed E-state index contributed by atoms with van der Waals surface area (Å²) in [5.74, 6) is 0.445. The van der Waals surface area contributed by atoms with Crippen molar-refractivity contribution in [2.45, 2.75) is 5.88 Å². The maximum atomic E-state index is 6.02.